The van der Waals surface area contributed by atoms with Crippen molar-refractivity contribution in [3.05, 3.63) is 18.2 Å². The van der Waals surface area contributed by atoms with Crippen molar-refractivity contribution in [2.45, 2.75) is 17.9 Å². The predicted molar refractivity (Wildman–Crippen MR) is 73.3 cm³/mol. The van der Waals surface area contributed by atoms with Crippen LogP contribution in [0.15, 0.2) is 23.1 Å². The Morgan fingerprint density at radius 1 is 1.37 bits per heavy atom. The van der Waals surface area contributed by atoms with E-state index in [4.69, 9.17) is 5.73 Å². The van der Waals surface area contributed by atoms with E-state index in [0.717, 1.165) is 11.7 Å². The van der Waals surface area contributed by atoms with Gasteiger partial charge in [0.25, 0.3) is 0 Å². The molecule has 0 bridgehead atoms. The highest BCUT2D eigenvalue weighted by Gasteiger charge is 2.36. The lowest BCUT2D eigenvalue weighted by Gasteiger charge is -2.16. The van der Waals surface area contributed by atoms with E-state index in [1.54, 1.807) is 18.2 Å². The van der Waals surface area contributed by atoms with Gasteiger partial charge in [0.2, 0.25) is 10.0 Å². The largest absolute Gasteiger partial charge is 0.326 e. The molecule has 0 saturated carbocycles. The van der Waals surface area contributed by atoms with Crippen LogP contribution in [0.25, 0.3) is 11.0 Å². The standard InChI is InChI=1S/C11H14N4O2S2/c1-7-5-15(6-8(7)12)19(16,17)10-4-2-3-9-11(10)14-18-13-9/h2-4,7-8H,5-6,12H2,1H3. The van der Waals surface area contributed by atoms with Crippen LogP contribution < -0.4 is 5.73 Å². The van der Waals surface area contributed by atoms with Crippen molar-refractivity contribution in [1.82, 2.24) is 13.1 Å². The van der Waals surface area contributed by atoms with Crippen molar-refractivity contribution in [3.63, 3.8) is 0 Å². The quantitative estimate of drug-likeness (QED) is 0.879. The minimum atomic E-state index is -3.54. The van der Waals surface area contributed by atoms with Gasteiger partial charge in [-0.3, -0.25) is 0 Å². The summed E-state index contributed by atoms with van der Waals surface area (Å²) in [6.45, 7) is 2.78. The van der Waals surface area contributed by atoms with Crippen LogP contribution >= 0.6 is 11.7 Å². The monoisotopic (exact) mass is 298 g/mol. The summed E-state index contributed by atoms with van der Waals surface area (Å²) >= 11 is 1.02. The first kappa shape index (κ1) is 12.9. The molecule has 1 aliphatic heterocycles. The van der Waals surface area contributed by atoms with Gasteiger partial charge in [0.1, 0.15) is 15.9 Å². The van der Waals surface area contributed by atoms with Crippen molar-refractivity contribution in [2.24, 2.45) is 11.7 Å². The molecule has 2 heterocycles. The Hall–Kier alpha value is -1.09. The first-order valence-corrected chi connectivity index (χ1v) is 8.14. The second-order valence-electron chi connectivity index (χ2n) is 4.85. The zero-order chi connectivity index (χ0) is 13.6. The second kappa shape index (κ2) is 4.48. The SMILES string of the molecule is CC1CN(S(=O)(=O)c2cccc3nsnc23)CC1N. The van der Waals surface area contributed by atoms with E-state index in [9.17, 15) is 8.42 Å². The summed E-state index contributed by atoms with van der Waals surface area (Å²) in [5.41, 5.74) is 6.96. The highest BCUT2D eigenvalue weighted by molar-refractivity contribution is 7.89. The molecule has 2 atom stereocenters. The number of sulfonamides is 1. The minimum absolute atomic E-state index is 0.109. The Labute approximate surface area is 115 Å². The summed E-state index contributed by atoms with van der Waals surface area (Å²) < 4.78 is 34.9. The van der Waals surface area contributed by atoms with Gasteiger partial charge in [-0.05, 0) is 18.1 Å². The summed E-state index contributed by atoms with van der Waals surface area (Å²) in [6, 6.07) is 4.92. The van der Waals surface area contributed by atoms with E-state index in [2.05, 4.69) is 8.75 Å². The Morgan fingerprint density at radius 3 is 2.84 bits per heavy atom. The number of hydrogen-bond acceptors (Lipinski definition) is 6. The van der Waals surface area contributed by atoms with Crippen LogP contribution in [0.1, 0.15) is 6.92 Å². The number of benzene rings is 1. The van der Waals surface area contributed by atoms with Gasteiger partial charge in [-0.2, -0.15) is 13.1 Å². The number of nitrogens with two attached hydrogens (primary N) is 1. The maximum atomic E-state index is 12.6. The van der Waals surface area contributed by atoms with Crippen LogP contribution in [0.5, 0.6) is 0 Å². The van der Waals surface area contributed by atoms with Gasteiger partial charge in [-0.15, -0.1) is 0 Å². The van der Waals surface area contributed by atoms with Crippen LogP contribution in [0, 0.1) is 5.92 Å². The molecule has 1 saturated heterocycles. The topological polar surface area (TPSA) is 89.2 Å². The average molecular weight is 298 g/mol. The molecular weight excluding hydrogens is 284 g/mol. The molecule has 6 nitrogen and oxygen atoms in total. The molecule has 0 amide bonds. The van der Waals surface area contributed by atoms with Gasteiger partial charge in [-0.25, -0.2) is 8.42 Å². The fourth-order valence-corrected chi connectivity index (χ4v) is 4.60. The predicted octanol–water partition coefficient (Wildman–Crippen LogP) is 0.659. The summed E-state index contributed by atoms with van der Waals surface area (Å²) in [7, 11) is -3.54. The first-order valence-electron chi connectivity index (χ1n) is 5.97. The summed E-state index contributed by atoms with van der Waals surface area (Å²) in [4.78, 5) is 0.222. The molecule has 0 aliphatic carbocycles. The molecule has 19 heavy (non-hydrogen) atoms. The van der Waals surface area contributed by atoms with Gasteiger partial charge in [0, 0.05) is 19.1 Å². The Morgan fingerprint density at radius 2 is 2.16 bits per heavy atom. The Bertz CT molecular complexity index is 702. The third-order valence-corrected chi connectivity index (χ3v) is 5.91. The molecule has 8 heteroatoms. The minimum Gasteiger partial charge on any atom is -0.326 e. The van der Waals surface area contributed by atoms with Gasteiger partial charge < -0.3 is 5.73 Å². The second-order valence-corrected chi connectivity index (χ2v) is 7.29. The van der Waals surface area contributed by atoms with Crippen LogP contribution in [0.3, 0.4) is 0 Å². The first-order chi connectivity index (χ1) is 9.00. The maximum absolute atomic E-state index is 12.6. The van der Waals surface area contributed by atoms with E-state index in [1.165, 1.54) is 4.31 Å². The van der Waals surface area contributed by atoms with Gasteiger partial charge in [-0.1, -0.05) is 13.0 Å². The smallest absolute Gasteiger partial charge is 0.245 e. The molecule has 1 aromatic heterocycles. The highest BCUT2D eigenvalue weighted by Crippen LogP contribution is 2.27. The number of fused-ring (bicyclic) bond motifs is 1. The number of hydrogen-bond donors (Lipinski definition) is 1. The van der Waals surface area contributed by atoms with Crippen molar-refractivity contribution >= 4 is 32.8 Å². The molecule has 2 aromatic rings. The third-order valence-electron chi connectivity index (χ3n) is 3.50. The van der Waals surface area contributed by atoms with Crippen LogP contribution in [0.4, 0.5) is 0 Å². The van der Waals surface area contributed by atoms with E-state index >= 15 is 0 Å². The van der Waals surface area contributed by atoms with E-state index in [0.29, 0.717) is 24.1 Å². The molecular formula is C11H14N4O2S2. The van der Waals surface area contributed by atoms with E-state index in [-0.39, 0.29) is 16.9 Å². The Balaban J connectivity index is 2.08. The summed E-state index contributed by atoms with van der Waals surface area (Å²) in [5.74, 6) is 0.169. The molecule has 0 spiro atoms. The summed E-state index contributed by atoms with van der Waals surface area (Å²) in [6.07, 6.45) is 0. The van der Waals surface area contributed by atoms with Crippen molar-refractivity contribution in [3.8, 4) is 0 Å². The highest BCUT2D eigenvalue weighted by atomic mass is 32.2. The lowest BCUT2D eigenvalue weighted by molar-refractivity contribution is 0.465. The normalized spacial score (nSPS) is 25.2. The number of rotatable bonds is 2. The number of aromatic nitrogens is 2. The fraction of sp³-hybridized carbons (Fsp3) is 0.455. The average Bonchev–Trinajstić information content (AvgIpc) is 2.96. The molecule has 1 fully saturated rings. The number of nitrogens with zero attached hydrogens (tertiary/aromatic N) is 3. The van der Waals surface area contributed by atoms with Crippen LogP contribution in [0.2, 0.25) is 0 Å². The summed E-state index contributed by atoms with van der Waals surface area (Å²) in [5, 5.41) is 0. The van der Waals surface area contributed by atoms with Gasteiger partial charge >= 0.3 is 0 Å². The van der Waals surface area contributed by atoms with Crippen LogP contribution in [-0.4, -0.2) is 40.6 Å². The van der Waals surface area contributed by atoms with Crippen LogP contribution in [-0.2, 0) is 10.0 Å². The van der Waals surface area contributed by atoms with E-state index in [1.807, 2.05) is 6.92 Å². The van der Waals surface area contributed by atoms with E-state index < -0.39 is 10.0 Å². The molecule has 102 valence electrons. The molecule has 1 aliphatic rings. The van der Waals surface area contributed by atoms with Crippen molar-refractivity contribution in [2.75, 3.05) is 13.1 Å². The molecule has 3 rings (SSSR count). The lowest BCUT2D eigenvalue weighted by atomic mass is 10.1. The van der Waals surface area contributed by atoms with Crippen molar-refractivity contribution < 1.29 is 8.42 Å². The molecule has 1 aromatic carbocycles. The lowest BCUT2D eigenvalue weighted by Crippen LogP contribution is -2.32. The van der Waals surface area contributed by atoms with Gasteiger partial charge in [0.15, 0.2) is 0 Å². The molecule has 2 unspecified atom stereocenters. The maximum Gasteiger partial charge on any atom is 0.245 e. The van der Waals surface area contributed by atoms with Crippen molar-refractivity contribution in [1.29, 1.82) is 0 Å². The van der Waals surface area contributed by atoms with Gasteiger partial charge in [0.05, 0.1) is 11.7 Å². The third kappa shape index (κ3) is 2.04. The Kier molecular flexibility index (Phi) is 3.05. The zero-order valence-corrected chi connectivity index (χ0v) is 12.0. The fourth-order valence-electron chi connectivity index (χ4n) is 2.27. The zero-order valence-electron chi connectivity index (χ0n) is 10.4. The molecule has 0 radical (unpaired) electrons. The molecule has 2 N–H and O–H groups in total.